The molecule has 2 heterocycles. The zero-order valence-electron chi connectivity index (χ0n) is 13.2. The van der Waals surface area contributed by atoms with Gasteiger partial charge in [-0.15, -0.1) is 0 Å². The zero-order valence-corrected chi connectivity index (χ0v) is 13.2. The van der Waals surface area contributed by atoms with Gasteiger partial charge >= 0.3 is 0 Å². The van der Waals surface area contributed by atoms with Crippen molar-refractivity contribution in [2.45, 2.75) is 27.0 Å². The molecule has 0 unspecified atom stereocenters. The molecule has 2 aromatic heterocycles. The van der Waals surface area contributed by atoms with Crippen LogP contribution < -0.4 is 0 Å². The van der Waals surface area contributed by atoms with Crippen molar-refractivity contribution in [1.82, 2.24) is 14.8 Å². The Morgan fingerprint density at radius 2 is 1.96 bits per heavy atom. The number of aliphatic hydroxyl groups excluding tert-OH is 1. The highest BCUT2D eigenvalue weighted by molar-refractivity contribution is 5.68. The van der Waals surface area contributed by atoms with E-state index in [4.69, 9.17) is 10.4 Å². The molecule has 116 valence electrons. The molecule has 0 fully saturated rings. The van der Waals surface area contributed by atoms with Gasteiger partial charge in [0.05, 0.1) is 36.2 Å². The molecule has 1 aromatic carbocycles. The summed E-state index contributed by atoms with van der Waals surface area (Å²) in [5, 5.41) is 25.0. The minimum Gasteiger partial charge on any atom is -0.390 e. The monoisotopic (exact) mass is 306 g/mol. The van der Waals surface area contributed by atoms with Crippen LogP contribution in [0.5, 0.6) is 0 Å². The van der Waals surface area contributed by atoms with E-state index in [1.807, 2.05) is 30.3 Å². The highest BCUT2D eigenvalue weighted by Gasteiger charge is 2.12. The summed E-state index contributed by atoms with van der Waals surface area (Å²) in [6.07, 6.45) is 0. The first kappa shape index (κ1) is 15.1. The molecule has 5 nitrogen and oxygen atoms in total. The largest absolute Gasteiger partial charge is 0.390 e. The van der Waals surface area contributed by atoms with Crippen molar-refractivity contribution in [2.75, 3.05) is 0 Å². The Morgan fingerprint density at radius 1 is 1.22 bits per heavy atom. The molecule has 0 bridgehead atoms. The molecule has 3 aromatic rings. The number of aromatic nitrogens is 3. The number of aliphatic hydroxyl groups is 1. The number of hydrogen-bond acceptors (Lipinski definition) is 3. The van der Waals surface area contributed by atoms with Crippen molar-refractivity contribution in [3.05, 3.63) is 64.7 Å². The molecular formula is C18H18N4O. The van der Waals surface area contributed by atoms with Gasteiger partial charge in [0.1, 0.15) is 0 Å². The van der Waals surface area contributed by atoms with E-state index in [0.717, 1.165) is 28.2 Å². The Labute approximate surface area is 134 Å². The lowest BCUT2D eigenvalue weighted by Crippen LogP contribution is -2.04. The minimum absolute atomic E-state index is 0.0589. The van der Waals surface area contributed by atoms with E-state index in [1.165, 1.54) is 0 Å². The van der Waals surface area contributed by atoms with Crippen molar-refractivity contribution in [1.29, 1.82) is 5.26 Å². The van der Waals surface area contributed by atoms with Crippen LogP contribution in [0, 0.1) is 25.2 Å². The van der Waals surface area contributed by atoms with Gasteiger partial charge < -0.3 is 9.67 Å². The van der Waals surface area contributed by atoms with Crippen LogP contribution >= 0.6 is 0 Å². The summed E-state index contributed by atoms with van der Waals surface area (Å²) in [4.78, 5) is 0. The Bertz CT molecular complexity index is 866. The molecule has 0 saturated heterocycles. The van der Waals surface area contributed by atoms with Crippen LogP contribution in [-0.4, -0.2) is 19.9 Å². The minimum atomic E-state index is -0.0589. The maximum atomic E-state index is 9.11. The van der Waals surface area contributed by atoms with E-state index < -0.39 is 0 Å². The number of aromatic amines is 1. The number of H-pyrrole nitrogens is 1. The van der Waals surface area contributed by atoms with Gasteiger partial charge in [0.15, 0.2) is 0 Å². The van der Waals surface area contributed by atoms with Crippen molar-refractivity contribution in [2.24, 2.45) is 0 Å². The second-order valence-electron chi connectivity index (χ2n) is 5.60. The predicted molar refractivity (Wildman–Crippen MR) is 87.7 cm³/mol. The zero-order chi connectivity index (χ0) is 16.4. The first-order valence-electron chi connectivity index (χ1n) is 7.43. The van der Waals surface area contributed by atoms with Crippen molar-refractivity contribution >= 4 is 0 Å². The lowest BCUT2D eigenvalue weighted by atomic mass is 10.0. The fourth-order valence-electron chi connectivity index (χ4n) is 2.80. The molecule has 0 atom stereocenters. The lowest BCUT2D eigenvalue weighted by Gasteiger charge is -2.08. The van der Waals surface area contributed by atoms with Crippen LogP contribution in [0.3, 0.4) is 0 Å². The van der Waals surface area contributed by atoms with Gasteiger partial charge in [-0.1, -0.05) is 12.1 Å². The number of hydrogen-bond donors (Lipinski definition) is 2. The summed E-state index contributed by atoms with van der Waals surface area (Å²) in [6.45, 7) is 4.78. The average molecular weight is 306 g/mol. The van der Waals surface area contributed by atoms with Crippen molar-refractivity contribution in [3.63, 3.8) is 0 Å². The van der Waals surface area contributed by atoms with Crippen LogP contribution in [0.2, 0.25) is 0 Å². The maximum absolute atomic E-state index is 9.11. The normalized spacial score (nSPS) is 10.7. The fraction of sp³-hybridized carbons (Fsp3) is 0.222. The molecule has 0 amide bonds. The number of nitrogens with zero attached hydrogens (tertiary/aromatic N) is 3. The lowest BCUT2D eigenvalue weighted by molar-refractivity contribution is 0.276. The van der Waals surface area contributed by atoms with Gasteiger partial charge in [-0.2, -0.15) is 10.4 Å². The highest BCUT2D eigenvalue weighted by atomic mass is 16.3. The SMILES string of the molecule is Cc1cc(-c2ccc(C#N)cc2)c(C)n1Cc1cc(CO)n[nH]1. The molecule has 0 radical (unpaired) electrons. The molecule has 3 rings (SSSR count). The van der Waals surface area contributed by atoms with Gasteiger partial charge in [0, 0.05) is 17.0 Å². The summed E-state index contributed by atoms with van der Waals surface area (Å²) in [6, 6.07) is 13.8. The topological polar surface area (TPSA) is 77.6 Å². The quantitative estimate of drug-likeness (QED) is 0.778. The summed E-state index contributed by atoms with van der Waals surface area (Å²) in [5.74, 6) is 0. The summed E-state index contributed by atoms with van der Waals surface area (Å²) in [7, 11) is 0. The number of nitrogens with one attached hydrogen (secondary N) is 1. The smallest absolute Gasteiger partial charge is 0.0991 e. The summed E-state index contributed by atoms with van der Waals surface area (Å²) in [5.41, 5.74) is 6.85. The van der Waals surface area contributed by atoms with E-state index in [0.29, 0.717) is 17.8 Å². The second-order valence-corrected chi connectivity index (χ2v) is 5.60. The van der Waals surface area contributed by atoms with Gasteiger partial charge in [0.25, 0.3) is 0 Å². The molecule has 0 spiro atoms. The molecule has 0 aliphatic carbocycles. The number of rotatable bonds is 4. The number of benzene rings is 1. The molecule has 2 N–H and O–H groups in total. The van der Waals surface area contributed by atoms with Crippen molar-refractivity contribution < 1.29 is 5.11 Å². The molecule has 0 aliphatic rings. The third-order valence-corrected chi connectivity index (χ3v) is 4.07. The summed E-state index contributed by atoms with van der Waals surface area (Å²) < 4.78 is 2.21. The van der Waals surface area contributed by atoms with Gasteiger partial charge in [0.2, 0.25) is 0 Å². The number of nitriles is 1. The Hall–Kier alpha value is -2.84. The Morgan fingerprint density at radius 3 is 2.57 bits per heavy atom. The van der Waals surface area contributed by atoms with E-state index in [-0.39, 0.29) is 6.61 Å². The first-order chi connectivity index (χ1) is 11.1. The number of aryl methyl sites for hydroxylation is 1. The third kappa shape index (κ3) is 2.89. The van der Waals surface area contributed by atoms with Crippen LogP contribution in [0.15, 0.2) is 36.4 Å². The maximum Gasteiger partial charge on any atom is 0.0991 e. The first-order valence-corrected chi connectivity index (χ1v) is 7.43. The van der Waals surface area contributed by atoms with Gasteiger partial charge in [-0.05, 0) is 43.7 Å². The van der Waals surface area contributed by atoms with E-state index in [9.17, 15) is 0 Å². The van der Waals surface area contributed by atoms with Gasteiger partial charge in [-0.3, -0.25) is 5.10 Å². The van der Waals surface area contributed by atoms with Crippen LogP contribution in [-0.2, 0) is 13.2 Å². The summed E-state index contributed by atoms with van der Waals surface area (Å²) >= 11 is 0. The van der Waals surface area contributed by atoms with E-state index >= 15 is 0 Å². The molecule has 5 heteroatoms. The fourth-order valence-corrected chi connectivity index (χ4v) is 2.80. The van der Waals surface area contributed by atoms with Gasteiger partial charge in [-0.25, -0.2) is 0 Å². The van der Waals surface area contributed by atoms with E-state index in [1.54, 1.807) is 0 Å². The molecule has 0 saturated carbocycles. The predicted octanol–water partition coefficient (Wildman–Crippen LogP) is 2.91. The van der Waals surface area contributed by atoms with E-state index in [2.05, 4.69) is 40.7 Å². The molecule has 0 aliphatic heterocycles. The Balaban J connectivity index is 1.93. The van der Waals surface area contributed by atoms with Crippen LogP contribution in [0.4, 0.5) is 0 Å². The average Bonchev–Trinajstić information content (AvgIpc) is 3.15. The highest BCUT2D eigenvalue weighted by Crippen LogP contribution is 2.27. The Kier molecular flexibility index (Phi) is 4.00. The van der Waals surface area contributed by atoms with Crippen molar-refractivity contribution in [3.8, 4) is 17.2 Å². The second kappa shape index (κ2) is 6.11. The molecule has 23 heavy (non-hydrogen) atoms. The van der Waals surface area contributed by atoms with Crippen LogP contribution in [0.1, 0.15) is 28.3 Å². The van der Waals surface area contributed by atoms with Crippen LogP contribution in [0.25, 0.3) is 11.1 Å². The third-order valence-electron chi connectivity index (χ3n) is 4.07. The standard InChI is InChI=1S/C18H18N4O/c1-12-7-18(15-5-3-14(9-19)4-6-15)13(2)22(12)10-16-8-17(11-23)21-20-16/h3-8,23H,10-11H2,1-2H3,(H,20,21). The molecular weight excluding hydrogens is 288 g/mol.